The average molecular weight is 262 g/mol. The molecular weight excluding hydrogens is 236 g/mol. The number of amides is 1. The van der Waals surface area contributed by atoms with Gasteiger partial charge >= 0.3 is 0 Å². The lowest BCUT2D eigenvalue weighted by molar-refractivity contribution is -0.121. The molecule has 0 saturated carbocycles. The monoisotopic (exact) mass is 262 g/mol. The molecule has 1 aromatic carbocycles. The molecule has 0 bridgehead atoms. The van der Waals surface area contributed by atoms with Crippen molar-refractivity contribution in [3.05, 3.63) is 35.9 Å². The number of nitrogens with two attached hydrogens (primary N) is 1. The predicted molar refractivity (Wildman–Crippen MR) is 79.8 cm³/mol. The normalized spacial score (nSPS) is 11.3. The molecule has 0 atom stereocenters. The van der Waals surface area contributed by atoms with Crippen LogP contribution in [0.3, 0.4) is 0 Å². The summed E-state index contributed by atoms with van der Waals surface area (Å²) in [4.78, 5) is 11.8. The van der Waals surface area contributed by atoms with Crippen LogP contribution in [0.4, 0.5) is 0 Å². The molecule has 1 aromatic rings. The van der Waals surface area contributed by atoms with Gasteiger partial charge in [-0.15, -0.1) is 0 Å². The number of carbonyl (C=O) groups is 1. The molecule has 0 spiro atoms. The first-order valence-electron chi connectivity index (χ1n) is 7.04. The molecule has 0 saturated heterocycles. The maximum Gasteiger partial charge on any atom is 0.220 e. The molecule has 0 unspecified atom stereocenters. The van der Waals surface area contributed by atoms with Crippen molar-refractivity contribution in [2.24, 2.45) is 11.1 Å². The Morgan fingerprint density at radius 1 is 1.26 bits per heavy atom. The van der Waals surface area contributed by atoms with E-state index in [2.05, 4.69) is 31.3 Å². The van der Waals surface area contributed by atoms with Crippen molar-refractivity contribution in [1.82, 2.24) is 5.32 Å². The highest BCUT2D eigenvalue weighted by Gasteiger charge is 2.17. The Bertz CT molecular complexity index is 374. The highest BCUT2D eigenvalue weighted by atomic mass is 16.1. The zero-order valence-corrected chi connectivity index (χ0v) is 12.1. The molecule has 0 fully saturated rings. The van der Waals surface area contributed by atoms with Crippen LogP contribution in [0.1, 0.15) is 38.7 Å². The van der Waals surface area contributed by atoms with Gasteiger partial charge < -0.3 is 11.1 Å². The van der Waals surface area contributed by atoms with E-state index >= 15 is 0 Å². The molecule has 106 valence electrons. The molecule has 0 aromatic heterocycles. The molecular formula is C16H26N2O. The second-order valence-corrected chi connectivity index (χ2v) is 5.82. The van der Waals surface area contributed by atoms with Gasteiger partial charge in [-0.25, -0.2) is 0 Å². The fourth-order valence-electron chi connectivity index (χ4n) is 2.00. The third-order valence-electron chi connectivity index (χ3n) is 3.31. The molecule has 3 heteroatoms. The van der Waals surface area contributed by atoms with Crippen molar-refractivity contribution in [1.29, 1.82) is 0 Å². The minimum atomic E-state index is 0.127. The molecule has 1 amide bonds. The van der Waals surface area contributed by atoms with Crippen molar-refractivity contribution in [3.8, 4) is 0 Å². The first kappa shape index (κ1) is 15.7. The summed E-state index contributed by atoms with van der Waals surface area (Å²) < 4.78 is 0. The van der Waals surface area contributed by atoms with Gasteiger partial charge in [-0.2, -0.15) is 0 Å². The van der Waals surface area contributed by atoms with Crippen LogP contribution in [0.2, 0.25) is 0 Å². The van der Waals surface area contributed by atoms with Gasteiger partial charge in [0.25, 0.3) is 0 Å². The van der Waals surface area contributed by atoms with Crippen LogP contribution in [0.25, 0.3) is 0 Å². The van der Waals surface area contributed by atoms with E-state index in [1.165, 1.54) is 5.56 Å². The van der Waals surface area contributed by atoms with E-state index in [1.807, 2.05) is 18.2 Å². The summed E-state index contributed by atoms with van der Waals surface area (Å²) >= 11 is 0. The van der Waals surface area contributed by atoms with Gasteiger partial charge in [0.1, 0.15) is 0 Å². The molecule has 3 N–H and O–H groups in total. The van der Waals surface area contributed by atoms with Crippen LogP contribution in [0, 0.1) is 5.41 Å². The zero-order chi connectivity index (χ0) is 14.1. The fraction of sp³-hybridized carbons (Fsp3) is 0.562. The van der Waals surface area contributed by atoms with Crippen LogP contribution in [-0.4, -0.2) is 19.0 Å². The van der Waals surface area contributed by atoms with E-state index < -0.39 is 0 Å². The van der Waals surface area contributed by atoms with E-state index in [4.69, 9.17) is 5.73 Å². The van der Waals surface area contributed by atoms with Crippen molar-refractivity contribution in [3.63, 3.8) is 0 Å². The molecule has 1 rings (SSSR count). The molecule has 0 radical (unpaired) electrons. The van der Waals surface area contributed by atoms with Crippen LogP contribution in [0.5, 0.6) is 0 Å². The number of nitrogens with one attached hydrogen (secondary N) is 1. The first-order chi connectivity index (χ1) is 9.03. The van der Waals surface area contributed by atoms with E-state index in [-0.39, 0.29) is 11.3 Å². The van der Waals surface area contributed by atoms with Crippen LogP contribution < -0.4 is 11.1 Å². The molecule has 3 nitrogen and oxygen atoms in total. The van der Waals surface area contributed by atoms with Crippen molar-refractivity contribution in [2.75, 3.05) is 13.1 Å². The summed E-state index contributed by atoms with van der Waals surface area (Å²) in [6, 6.07) is 10.1. The molecule has 0 aliphatic heterocycles. The Hall–Kier alpha value is -1.35. The number of benzene rings is 1. The standard InChI is InChI=1S/C16H26N2O/c1-16(2,11-6-12-17)13-18-15(19)10-9-14-7-4-3-5-8-14/h3-5,7-8H,6,9-13,17H2,1-2H3,(H,18,19). The zero-order valence-electron chi connectivity index (χ0n) is 12.1. The third kappa shape index (κ3) is 6.97. The number of aryl methyl sites for hydroxylation is 1. The SMILES string of the molecule is CC(C)(CCCN)CNC(=O)CCc1ccccc1. The van der Waals surface area contributed by atoms with Gasteiger partial charge in [-0.1, -0.05) is 44.2 Å². The minimum Gasteiger partial charge on any atom is -0.356 e. The molecule has 0 aliphatic rings. The summed E-state index contributed by atoms with van der Waals surface area (Å²) in [6.07, 6.45) is 3.40. The maximum absolute atomic E-state index is 11.8. The summed E-state index contributed by atoms with van der Waals surface area (Å²) in [5, 5.41) is 3.02. The van der Waals surface area contributed by atoms with Gasteiger partial charge in [0.15, 0.2) is 0 Å². The second kappa shape index (κ2) is 7.95. The largest absolute Gasteiger partial charge is 0.356 e. The Morgan fingerprint density at radius 2 is 1.95 bits per heavy atom. The Balaban J connectivity index is 2.24. The Labute approximate surface area is 116 Å². The van der Waals surface area contributed by atoms with Gasteiger partial charge in [0.05, 0.1) is 0 Å². The number of hydrogen-bond donors (Lipinski definition) is 2. The Kier molecular flexibility index (Phi) is 6.57. The third-order valence-corrected chi connectivity index (χ3v) is 3.31. The quantitative estimate of drug-likeness (QED) is 0.756. The molecule has 0 aliphatic carbocycles. The summed E-state index contributed by atoms with van der Waals surface area (Å²) in [7, 11) is 0. The summed E-state index contributed by atoms with van der Waals surface area (Å²) in [5.41, 5.74) is 6.85. The van der Waals surface area contributed by atoms with Gasteiger partial charge in [-0.05, 0) is 36.8 Å². The highest BCUT2D eigenvalue weighted by molar-refractivity contribution is 5.76. The lowest BCUT2D eigenvalue weighted by Crippen LogP contribution is -2.34. The van der Waals surface area contributed by atoms with Gasteiger partial charge in [0.2, 0.25) is 5.91 Å². The van der Waals surface area contributed by atoms with Crippen molar-refractivity contribution < 1.29 is 4.79 Å². The highest BCUT2D eigenvalue weighted by Crippen LogP contribution is 2.20. The predicted octanol–water partition coefficient (Wildman–Crippen LogP) is 2.50. The smallest absolute Gasteiger partial charge is 0.220 e. The van der Waals surface area contributed by atoms with E-state index in [0.717, 1.165) is 25.8 Å². The van der Waals surface area contributed by atoms with E-state index in [9.17, 15) is 4.79 Å². The maximum atomic E-state index is 11.8. The van der Waals surface area contributed by atoms with Crippen molar-refractivity contribution in [2.45, 2.75) is 39.5 Å². The van der Waals surface area contributed by atoms with Crippen LogP contribution in [0.15, 0.2) is 30.3 Å². The van der Waals surface area contributed by atoms with Crippen LogP contribution in [-0.2, 0) is 11.2 Å². The number of carbonyl (C=O) groups excluding carboxylic acids is 1. The number of hydrogen-bond acceptors (Lipinski definition) is 2. The van der Waals surface area contributed by atoms with E-state index in [1.54, 1.807) is 0 Å². The summed E-state index contributed by atoms with van der Waals surface area (Å²) in [5.74, 6) is 0.129. The van der Waals surface area contributed by atoms with Crippen LogP contribution >= 0.6 is 0 Å². The number of rotatable bonds is 8. The summed E-state index contributed by atoms with van der Waals surface area (Å²) in [6.45, 7) is 5.77. The fourth-order valence-corrected chi connectivity index (χ4v) is 2.00. The molecule has 0 heterocycles. The average Bonchev–Trinajstić information content (AvgIpc) is 2.42. The van der Waals surface area contributed by atoms with E-state index in [0.29, 0.717) is 13.0 Å². The van der Waals surface area contributed by atoms with Gasteiger partial charge in [0, 0.05) is 13.0 Å². The lowest BCUT2D eigenvalue weighted by atomic mass is 9.87. The minimum absolute atomic E-state index is 0.127. The lowest BCUT2D eigenvalue weighted by Gasteiger charge is -2.24. The first-order valence-corrected chi connectivity index (χ1v) is 7.04. The Morgan fingerprint density at radius 3 is 2.58 bits per heavy atom. The topological polar surface area (TPSA) is 55.1 Å². The molecule has 19 heavy (non-hydrogen) atoms. The second-order valence-electron chi connectivity index (χ2n) is 5.82. The van der Waals surface area contributed by atoms with Crippen molar-refractivity contribution >= 4 is 5.91 Å². The van der Waals surface area contributed by atoms with Gasteiger partial charge in [-0.3, -0.25) is 4.79 Å².